The number of anilines is 1. The summed E-state index contributed by atoms with van der Waals surface area (Å²) in [6, 6.07) is 10.1. The minimum atomic E-state index is -3.73. The molecule has 0 aliphatic carbocycles. The molecule has 10 heteroatoms. The van der Waals surface area contributed by atoms with Crippen LogP contribution in [0.5, 0.6) is 0 Å². The van der Waals surface area contributed by atoms with Gasteiger partial charge in [0, 0.05) is 36.7 Å². The molecule has 8 nitrogen and oxygen atoms in total. The summed E-state index contributed by atoms with van der Waals surface area (Å²) in [5.74, 6) is -0.429. The van der Waals surface area contributed by atoms with E-state index < -0.39 is 21.7 Å². The molecule has 162 valence electrons. The summed E-state index contributed by atoms with van der Waals surface area (Å²) < 4.78 is 48.4. The molecule has 3 aromatic rings. The first-order valence-electron chi connectivity index (χ1n) is 9.65. The molecule has 1 saturated heterocycles. The van der Waals surface area contributed by atoms with Crippen molar-refractivity contribution in [2.75, 3.05) is 31.6 Å². The lowest BCUT2D eigenvalue weighted by atomic mass is 10.2. The lowest BCUT2D eigenvalue weighted by Gasteiger charge is -2.26. The van der Waals surface area contributed by atoms with E-state index in [0.717, 1.165) is 0 Å². The van der Waals surface area contributed by atoms with E-state index in [-0.39, 0.29) is 29.2 Å². The molecule has 2 heterocycles. The van der Waals surface area contributed by atoms with E-state index in [4.69, 9.17) is 4.74 Å². The second-order valence-corrected chi connectivity index (χ2v) is 8.95. The van der Waals surface area contributed by atoms with E-state index in [9.17, 15) is 17.6 Å². The van der Waals surface area contributed by atoms with Gasteiger partial charge in [0.25, 0.3) is 5.91 Å². The van der Waals surface area contributed by atoms with Gasteiger partial charge in [0.15, 0.2) is 0 Å². The number of aryl methyl sites for hydroxylation is 1. The molecule has 1 aliphatic rings. The second kappa shape index (κ2) is 8.58. The zero-order valence-electron chi connectivity index (χ0n) is 16.8. The fraction of sp³-hybridized carbons (Fsp3) is 0.238. The summed E-state index contributed by atoms with van der Waals surface area (Å²) in [4.78, 5) is 16.8. The number of carbonyl (C=O) groups is 1. The van der Waals surface area contributed by atoms with Crippen LogP contribution in [-0.4, -0.2) is 54.5 Å². The van der Waals surface area contributed by atoms with E-state index >= 15 is 0 Å². The maximum atomic E-state index is 14.6. The molecule has 0 bridgehead atoms. The molecule has 2 aromatic carbocycles. The Bertz CT molecular complexity index is 1220. The first-order chi connectivity index (χ1) is 14.9. The predicted molar refractivity (Wildman–Crippen MR) is 112 cm³/mol. The van der Waals surface area contributed by atoms with Crippen molar-refractivity contribution in [2.24, 2.45) is 0 Å². The number of imidazole rings is 1. The lowest BCUT2D eigenvalue weighted by molar-refractivity contribution is 0.0730. The number of hydrogen-bond donors (Lipinski definition) is 1. The van der Waals surface area contributed by atoms with Crippen LogP contribution in [0.1, 0.15) is 16.2 Å². The fourth-order valence-corrected chi connectivity index (χ4v) is 4.80. The van der Waals surface area contributed by atoms with Crippen LogP contribution in [0.25, 0.3) is 5.69 Å². The predicted octanol–water partition coefficient (Wildman–Crippen LogP) is 2.59. The number of ether oxygens (including phenoxy) is 1. The minimum Gasteiger partial charge on any atom is -0.379 e. The van der Waals surface area contributed by atoms with Gasteiger partial charge >= 0.3 is 0 Å². The Labute approximate surface area is 179 Å². The molecule has 0 radical (unpaired) electrons. The number of nitrogens with zero attached hydrogens (tertiary/aromatic N) is 3. The van der Waals surface area contributed by atoms with Gasteiger partial charge < -0.3 is 14.6 Å². The van der Waals surface area contributed by atoms with E-state index in [1.807, 2.05) is 0 Å². The largest absolute Gasteiger partial charge is 0.379 e. The monoisotopic (exact) mass is 444 g/mol. The van der Waals surface area contributed by atoms with Crippen LogP contribution in [0.3, 0.4) is 0 Å². The maximum Gasteiger partial charge on any atom is 0.255 e. The highest BCUT2D eigenvalue weighted by molar-refractivity contribution is 7.89. The number of morpholine rings is 1. The quantitative estimate of drug-likeness (QED) is 0.653. The van der Waals surface area contributed by atoms with Crippen molar-refractivity contribution in [3.8, 4) is 5.69 Å². The van der Waals surface area contributed by atoms with Crippen LogP contribution in [0.2, 0.25) is 0 Å². The smallest absolute Gasteiger partial charge is 0.255 e. The van der Waals surface area contributed by atoms with Crippen molar-refractivity contribution in [1.82, 2.24) is 13.9 Å². The molecule has 1 amide bonds. The van der Waals surface area contributed by atoms with Gasteiger partial charge in [0.1, 0.15) is 11.6 Å². The molecular weight excluding hydrogens is 423 g/mol. The van der Waals surface area contributed by atoms with Gasteiger partial charge in [-0.25, -0.2) is 17.8 Å². The Morgan fingerprint density at radius 2 is 1.94 bits per heavy atom. The summed E-state index contributed by atoms with van der Waals surface area (Å²) in [5, 5.41) is 2.61. The first-order valence-corrected chi connectivity index (χ1v) is 11.1. The van der Waals surface area contributed by atoms with Gasteiger partial charge in [-0.1, -0.05) is 6.07 Å². The number of amides is 1. The standard InChI is InChI=1S/C21H21FN4O4S/c1-15-23-7-8-26(15)20-6-5-17(14-19(20)22)24-21(27)16-3-2-4-18(13-16)31(28,29)25-9-11-30-12-10-25/h2-8,13-14H,9-12H2,1H3,(H,24,27). The number of benzene rings is 2. The van der Waals surface area contributed by atoms with Crippen LogP contribution in [-0.2, 0) is 14.8 Å². The molecule has 0 atom stereocenters. The zero-order chi connectivity index (χ0) is 22.0. The Hall–Kier alpha value is -3.08. The van der Waals surface area contributed by atoms with Crippen molar-refractivity contribution >= 4 is 21.6 Å². The number of hydrogen-bond acceptors (Lipinski definition) is 5. The van der Waals surface area contributed by atoms with Crippen molar-refractivity contribution in [2.45, 2.75) is 11.8 Å². The van der Waals surface area contributed by atoms with Crippen LogP contribution in [0.15, 0.2) is 59.8 Å². The van der Waals surface area contributed by atoms with Crippen molar-refractivity contribution in [3.63, 3.8) is 0 Å². The average Bonchev–Trinajstić information content (AvgIpc) is 3.20. The molecule has 1 aliphatic heterocycles. The average molecular weight is 444 g/mol. The number of sulfonamides is 1. The fourth-order valence-electron chi connectivity index (χ4n) is 3.35. The minimum absolute atomic E-state index is 0.0270. The number of aromatic nitrogens is 2. The maximum absolute atomic E-state index is 14.6. The third-order valence-electron chi connectivity index (χ3n) is 4.99. The van der Waals surface area contributed by atoms with Gasteiger partial charge in [0.05, 0.1) is 23.8 Å². The van der Waals surface area contributed by atoms with Crippen molar-refractivity contribution in [1.29, 1.82) is 0 Å². The normalized spacial score (nSPS) is 15.0. The molecule has 0 spiro atoms. The van der Waals surface area contributed by atoms with Crippen molar-refractivity contribution in [3.05, 3.63) is 72.1 Å². The number of nitrogens with one attached hydrogen (secondary N) is 1. The summed E-state index contributed by atoms with van der Waals surface area (Å²) in [6.45, 7) is 2.95. The van der Waals surface area contributed by atoms with E-state index in [2.05, 4.69) is 10.3 Å². The summed E-state index contributed by atoms with van der Waals surface area (Å²) in [7, 11) is -3.73. The van der Waals surface area contributed by atoms with Gasteiger partial charge in [-0.2, -0.15) is 4.31 Å². The Morgan fingerprint density at radius 3 is 2.61 bits per heavy atom. The topological polar surface area (TPSA) is 93.5 Å². The van der Waals surface area contributed by atoms with Gasteiger partial charge in [-0.05, 0) is 43.3 Å². The molecule has 31 heavy (non-hydrogen) atoms. The molecule has 1 aromatic heterocycles. The molecule has 0 saturated carbocycles. The van der Waals surface area contributed by atoms with Crippen LogP contribution in [0.4, 0.5) is 10.1 Å². The summed E-state index contributed by atoms with van der Waals surface area (Å²) >= 11 is 0. The third kappa shape index (κ3) is 4.36. The van der Waals surface area contributed by atoms with E-state index in [1.54, 1.807) is 36.0 Å². The molecule has 0 unspecified atom stereocenters. The molecule has 1 N–H and O–H groups in total. The van der Waals surface area contributed by atoms with Gasteiger partial charge in [-0.3, -0.25) is 4.79 Å². The van der Waals surface area contributed by atoms with Crippen LogP contribution >= 0.6 is 0 Å². The number of rotatable bonds is 5. The highest BCUT2D eigenvalue weighted by Crippen LogP contribution is 2.22. The Balaban J connectivity index is 1.53. The summed E-state index contributed by atoms with van der Waals surface area (Å²) in [5.41, 5.74) is 0.723. The highest BCUT2D eigenvalue weighted by Gasteiger charge is 2.27. The molecule has 4 rings (SSSR count). The Kier molecular flexibility index (Phi) is 5.86. The number of halogens is 1. The molecular formula is C21H21FN4O4S. The van der Waals surface area contributed by atoms with E-state index in [0.29, 0.717) is 24.7 Å². The lowest BCUT2D eigenvalue weighted by Crippen LogP contribution is -2.40. The molecule has 1 fully saturated rings. The van der Waals surface area contributed by atoms with Crippen LogP contribution in [0, 0.1) is 12.7 Å². The van der Waals surface area contributed by atoms with E-state index in [1.165, 1.54) is 34.6 Å². The van der Waals surface area contributed by atoms with Gasteiger partial charge in [-0.15, -0.1) is 0 Å². The Morgan fingerprint density at radius 1 is 1.16 bits per heavy atom. The second-order valence-electron chi connectivity index (χ2n) is 7.01. The first kappa shape index (κ1) is 21.2. The van der Waals surface area contributed by atoms with Crippen LogP contribution < -0.4 is 5.32 Å². The van der Waals surface area contributed by atoms with Crippen molar-refractivity contribution < 1.29 is 22.3 Å². The van der Waals surface area contributed by atoms with Gasteiger partial charge in [0.2, 0.25) is 10.0 Å². The third-order valence-corrected chi connectivity index (χ3v) is 6.89. The number of carbonyl (C=O) groups excluding carboxylic acids is 1. The zero-order valence-corrected chi connectivity index (χ0v) is 17.6. The summed E-state index contributed by atoms with van der Waals surface area (Å²) in [6.07, 6.45) is 3.22. The highest BCUT2D eigenvalue weighted by atomic mass is 32.2. The SMILES string of the molecule is Cc1nccn1-c1ccc(NC(=O)c2cccc(S(=O)(=O)N3CCOCC3)c2)cc1F.